The van der Waals surface area contributed by atoms with Gasteiger partial charge in [-0.05, 0) is 65.8 Å². The van der Waals surface area contributed by atoms with E-state index in [9.17, 15) is 13.2 Å². The fourth-order valence-corrected chi connectivity index (χ4v) is 5.79. The molecule has 1 N–H and O–H groups in total. The normalized spacial score (nSPS) is 15.8. The summed E-state index contributed by atoms with van der Waals surface area (Å²) in [5, 5.41) is 8.91. The van der Waals surface area contributed by atoms with E-state index < -0.39 is 15.3 Å². The molecule has 6 nitrogen and oxygen atoms in total. The van der Waals surface area contributed by atoms with Crippen molar-refractivity contribution in [2.24, 2.45) is 0 Å². The number of Topliss-reactive ketones (excluding diaryl/α,β-unsaturated/α-hetero) is 1. The smallest absolute Gasteiger partial charge is 0.231 e. The summed E-state index contributed by atoms with van der Waals surface area (Å²) < 4.78 is 35.5. The second kappa shape index (κ2) is 8.89. The van der Waals surface area contributed by atoms with E-state index >= 15 is 0 Å². The molecule has 1 aliphatic carbocycles. The van der Waals surface area contributed by atoms with Gasteiger partial charge in [-0.25, -0.2) is 8.42 Å². The predicted molar refractivity (Wildman–Crippen MR) is 130 cm³/mol. The lowest BCUT2D eigenvalue weighted by Crippen LogP contribution is -2.22. The number of aliphatic hydroxyl groups excluding tert-OH is 1. The Bertz CT molecular complexity index is 1330. The number of ketones is 1. The van der Waals surface area contributed by atoms with E-state index in [1.165, 1.54) is 0 Å². The molecule has 1 saturated carbocycles. The summed E-state index contributed by atoms with van der Waals surface area (Å²) in [6.45, 7) is 0.0564. The van der Waals surface area contributed by atoms with Crippen molar-refractivity contribution < 1.29 is 29.2 Å². The van der Waals surface area contributed by atoms with Crippen molar-refractivity contribution in [1.29, 1.82) is 0 Å². The summed E-state index contributed by atoms with van der Waals surface area (Å²) in [4.78, 5) is 13.6. The molecule has 0 spiro atoms. The molecule has 2 aliphatic rings. The van der Waals surface area contributed by atoms with E-state index in [0.29, 0.717) is 17.9 Å². The predicted octanol–water partition coefficient (Wildman–Crippen LogP) is 4.33. The molecular formula is C27H28O6S. The van der Waals surface area contributed by atoms with E-state index in [1.807, 2.05) is 42.5 Å². The first-order chi connectivity index (χ1) is 16.4. The van der Waals surface area contributed by atoms with Gasteiger partial charge in [-0.3, -0.25) is 4.79 Å². The van der Waals surface area contributed by atoms with Crippen LogP contribution in [0, 0.1) is 0 Å². The van der Waals surface area contributed by atoms with Crippen molar-refractivity contribution in [3.05, 3.63) is 77.9 Å². The summed E-state index contributed by atoms with van der Waals surface area (Å²) in [6.07, 6.45) is 2.21. The van der Waals surface area contributed by atoms with Gasteiger partial charge in [-0.1, -0.05) is 42.5 Å². The number of ether oxygens (including phenoxy) is 2. The first-order valence-electron chi connectivity index (χ1n) is 11.4. The van der Waals surface area contributed by atoms with Crippen LogP contribution in [0.3, 0.4) is 0 Å². The lowest BCUT2D eigenvalue weighted by atomic mass is 9.87. The van der Waals surface area contributed by atoms with Crippen LogP contribution in [0.2, 0.25) is 0 Å². The van der Waals surface area contributed by atoms with Crippen molar-refractivity contribution in [3.8, 4) is 22.6 Å². The van der Waals surface area contributed by atoms with E-state index in [1.54, 1.807) is 24.3 Å². The standard InChI is InChI=1S/C27H26O6S.H2/c28-13-2-14-34(30,31)23-8-5-20(6-9-23)21-4-1-3-19(15-21)16-26(29)27(11-12-27)22-7-10-24-25(17-22)33-18-32-24;/h1,3-10,15,17,28H,2,11-14,16,18H2;1H. The molecule has 0 aromatic heterocycles. The number of carbonyl (C=O) groups excluding carboxylic acids is 1. The van der Waals surface area contributed by atoms with E-state index in [4.69, 9.17) is 14.6 Å². The van der Waals surface area contributed by atoms with Crippen LogP contribution in [0.1, 0.15) is 31.8 Å². The average Bonchev–Trinajstić information content (AvgIpc) is 3.54. The summed E-state index contributed by atoms with van der Waals surface area (Å²) in [5.41, 5.74) is 3.26. The van der Waals surface area contributed by atoms with Gasteiger partial charge in [0.15, 0.2) is 21.3 Å². The van der Waals surface area contributed by atoms with Crippen LogP contribution >= 0.6 is 0 Å². The third-order valence-corrected chi connectivity index (χ3v) is 8.44. The SMILES string of the molecule is O=C(Cc1cccc(-c2ccc(S(=O)(=O)CCCO)cc2)c1)C1(c2ccc3c(c2)OCO3)CC1.[HH]. The van der Waals surface area contributed by atoms with Gasteiger partial charge in [0, 0.05) is 14.5 Å². The van der Waals surface area contributed by atoms with Crippen molar-refractivity contribution in [1.82, 2.24) is 0 Å². The molecule has 0 radical (unpaired) electrons. The quantitative estimate of drug-likeness (QED) is 0.490. The van der Waals surface area contributed by atoms with E-state index in [0.717, 1.165) is 35.1 Å². The van der Waals surface area contributed by atoms with Gasteiger partial charge in [-0.2, -0.15) is 0 Å². The number of sulfone groups is 1. The molecule has 5 rings (SSSR count). The van der Waals surface area contributed by atoms with Gasteiger partial charge in [0.05, 0.1) is 16.1 Å². The van der Waals surface area contributed by atoms with E-state index in [2.05, 4.69) is 0 Å². The second-order valence-corrected chi connectivity index (χ2v) is 11.0. The largest absolute Gasteiger partial charge is 0.454 e. The minimum Gasteiger partial charge on any atom is -0.454 e. The molecule has 3 aromatic rings. The van der Waals surface area contributed by atoms with Crippen molar-refractivity contribution in [2.75, 3.05) is 19.2 Å². The maximum Gasteiger partial charge on any atom is 0.231 e. The van der Waals surface area contributed by atoms with Crippen molar-refractivity contribution in [2.45, 2.75) is 36.0 Å². The first kappa shape index (κ1) is 22.6. The second-order valence-electron chi connectivity index (χ2n) is 8.87. The number of hydrogen-bond acceptors (Lipinski definition) is 6. The number of fused-ring (bicyclic) bond motifs is 1. The average molecular weight is 481 g/mol. The zero-order valence-corrected chi connectivity index (χ0v) is 19.5. The molecule has 0 bridgehead atoms. The Hall–Kier alpha value is -3.16. The molecule has 0 unspecified atom stereocenters. The molecule has 7 heteroatoms. The van der Waals surface area contributed by atoms with Gasteiger partial charge in [0.1, 0.15) is 5.78 Å². The summed E-state index contributed by atoms with van der Waals surface area (Å²) in [7, 11) is -3.41. The third-order valence-electron chi connectivity index (χ3n) is 6.62. The maximum atomic E-state index is 13.3. The Morgan fingerprint density at radius 1 is 0.941 bits per heavy atom. The van der Waals surface area contributed by atoms with Crippen LogP contribution in [0.5, 0.6) is 11.5 Å². The van der Waals surface area contributed by atoms with E-state index in [-0.39, 0.29) is 37.7 Å². The highest BCUT2D eigenvalue weighted by Crippen LogP contribution is 2.51. The monoisotopic (exact) mass is 480 g/mol. The molecule has 1 aliphatic heterocycles. The zero-order chi connectivity index (χ0) is 23.8. The first-order valence-corrected chi connectivity index (χ1v) is 13.0. The minimum absolute atomic E-state index is 0. The molecule has 1 fully saturated rings. The van der Waals surface area contributed by atoms with Gasteiger partial charge in [0.2, 0.25) is 6.79 Å². The summed E-state index contributed by atoms with van der Waals surface area (Å²) >= 11 is 0. The third kappa shape index (κ3) is 4.33. The Labute approximate surface area is 200 Å². The molecule has 1 heterocycles. The lowest BCUT2D eigenvalue weighted by Gasteiger charge is -2.15. The molecule has 34 heavy (non-hydrogen) atoms. The van der Waals surface area contributed by atoms with Gasteiger partial charge in [0.25, 0.3) is 0 Å². The van der Waals surface area contributed by atoms with Crippen LogP contribution in [0.25, 0.3) is 11.1 Å². The highest BCUT2D eigenvalue weighted by molar-refractivity contribution is 7.91. The van der Waals surface area contributed by atoms with Crippen LogP contribution in [0.4, 0.5) is 0 Å². The molecule has 0 atom stereocenters. The fraction of sp³-hybridized carbons (Fsp3) is 0.296. The van der Waals surface area contributed by atoms with Crippen molar-refractivity contribution >= 4 is 15.6 Å². The highest BCUT2D eigenvalue weighted by atomic mass is 32.2. The Balaban J connectivity index is 0.00000289. The topological polar surface area (TPSA) is 89.9 Å². The number of rotatable bonds is 9. The summed E-state index contributed by atoms with van der Waals surface area (Å²) in [5.74, 6) is 1.52. The van der Waals surface area contributed by atoms with Crippen molar-refractivity contribution in [3.63, 3.8) is 0 Å². The molecule has 3 aromatic carbocycles. The molecule has 178 valence electrons. The van der Waals surface area contributed by atoms with Crippen LogP contribution in [-0.2, 0) is 26.5 Å². The van der Waals surface area contributed by atoms with Gasteiger partial charge >= 0.3 is 0 Å². The Kier molecular flexibility index (Phi) is 5.91. The van der Waals surface area contributed by atoms with Crippen LogP contribution < -0.4 is 9.47 Å². The Morgan fingerprint density at radius 3 is 2.44 bits per heavy atom. The van der Waals surface area contributed by atoms with Crippen LogP contribution in [0.15, 0.2) is 71.6 Å². The number of benzene rings is 3. The minimum atomic E-state index is -3.41. The maximum absolute atomic E-state index is 13.3. The summed E-state index contributed by atoms with van der Waals surface area (Å²) in [6, 6.07) is 20.3. The molecular weight excluding hydrogens is 452 g/mol. The van der Waals surface area contributed by atoms with Gasteiger partial charge < -0.3 is 14.6 Å². The van der Waals surface area contributed by atoms with Crippen LogP contribution in [-0.4, -0.2) is 38.5 Å². The highest BCUT2D eigenvalue weighted by Gasteiger charge is 2.50. The van der Waals surface area contributed by atoms with Gasteiger partial charge in [-0.15, -0.1) is 0 Å². The molecule has 0 saturated heterocycles. The number of carbonyl (C=O) groups is 1. The number of aliphatic hydroxyl groups is 1. The fourth-order valence-electron chi connectivity index (χ4n) is 4.49. The molecule has 0 amide bonds. The zero-order valence-electron chi connectivity index (χ0n) is 18.7. The Morgan fingerprint density at radius 2 is 1.71 bits per heavy atom. The lowest BCUT2D eigenvalue weighted by molar-refractivity contribution is -0.120. The number of hydrogen-bond donors (Lipinski definition) is 1.